The molecule has 3 aromatic carbocycles. The van der Waals surface area contributed by atoms with Gasteiger partial charge < -0.3 is 5.32 Å². The first kappa shape index (κ1) is 25.3. The van der Waals surface area contributed by atoms with Gasteiger partial charge in [-0.15, -0.1) is 0 Å². The number of thioether (sulfide) groups is 1. The minimum Gasteiger partial charge on any atom is -0.325 e. The van der Waals surface area contributed by atoms with Gasteiger partial charge in [-0.2, -0.15) is 0 Å². The first-order chi connectivity index (χ1) is 16.8. The molecule has 1 fully saturated rings. The van der Waals surface area contributed by atoms with Crippen LogP contribution in [0.25, 0.3) is 0 Å². The third kappa shape index (κ3) is 6.66. The molecular weight excluding hydrogens is 501 g/mol. The Morgan fingerprint density at radius 3 is 2.34 bits per heavy atom. The summed E-state index contributed by atoms with van der Waals surface area (Å²) in [4.78, 5) is 32.7. The second-order valence-corrected chi connectivity index (χ2v) is 10.5. The maximum Gasteiger partial charge on any atom is 0.238 e. The van der Waals surface area contributed by atoms with Crippen molar-refractivity contribution in [2.45, 2.75) is 31.9 Å². The van der Waals surface area contributed by atoms with Crippen molar-refractivity contribution in [2.75, 3.05) is 11.9 Å². The average Bonchev–Trinajstić information content (AvgIpc) is 2.82. The van der Waals surface area contributed by atoms with Crippen LogP contribution in [0.2, 0.25) is 10.0 Å². The molecule has 1 heterocycles. The second-order valence-electron chi connectivity index (χ2n) is 8.41. The number of carbonyl (C=O) groups is 2. The number of benzene rings is 3. The lowest BCUT2D eigenvalue weighted by molar-refractivity contribution is -0.129. The van der Waals surface area contributed by atoms with E-state index in [1.54, 1.807) is 29.2 Å². The molecule has 3 aromatic rings. The standard InChI is InChI=1S/C27H25Cl2N3O2S/c1-17-3-12-23(18(2)15-17)31-26(34)24-16-25(33)32(14-13-19-4-6-20(28)7-5-19)27(35-24)30-22-10-8-21(29)9-11-22/h3-12,15,24H,13-14,16H2,1-2H3,(H,31,34). The normalized spacial score (nSPS) is 17.0. The van der Waals surface area contributed by atoms with Gasteiger partial charge in [0, 0.05) is 28.7 Å². The molecule has 0 saturated carbocycles. The summed E-state index contributed by atoms with van der Waals surface area (Å²) < 4.78 is 0. The molecule has 1 aliphatic rings. The molecule has 8 heteroatoms. The van der Waals surface area contributed by atoms with Crippen molar-refractivity contribution in [3.05, 3.63) is 93.5 Å². The molecule has 0 bridgehead atoms. The van der Waals surface area contributed by atoms with E-state index >= 15 is 0 Å². The Balaban J connectivity index is 1.55. The van der Waals surface area contributed by atoms with Gasteiger partial charge in [-0.05, 0) is 73.9 Å². The van der Waals surface area contributed by atoms with Gasteiger partial charge in [0.15, 0.2) is 5.17 Å². The Kier molecular flexibility index (Phi) is 8.16. The van der Waals surface area contributed by atoms with E-state index < -0.39 is 5.25 Å². The summed E-state index contributed by atoms with van der Waals surface area (Å²) in [5, 5.41) is 4.17. The van der Waals surface area contributed by atoms with Gasteiger partial charge in [0.05, 0.1) is 5.69 Å². The van der Waals surface area contributed by atoms with E-state index in [1.165, 1.54) is 11.8 Å². The van der Waals surface area contributed by atoms with Crippen LogP contribution in [0.4, 0.5) is 11.4 Å². The quantitative estimate of drug-likeness (QED) is 0.384. The van der Waals surface area contributed by atoms with E-state index in [-0.39, 0.29) is 18.2 Å². The van der Waals surface area contributed by atoms with Gasteiger partial charge in [-0.1, -0.05) is 64.8 Å². The van der Waals surface area contributed by atoms with Crippen LogP contribution in [-0.2, 0) is 16.0 Å². The Hall–Kier alpha value is -2.80. The van der Waals surface area contributed by atoms with Crippen molar-refractivity contribution >= 4 is 63.3 Å². The summed E-state index contributed by atoms with van der Waals surface area (Å²) in [7, 11) is 0. The summed E-state index contributed by atoms with van der Waals surface area (Å²) in [5.41, 5.74) is 4.57. The van der Waals surface area contributed by atoms with Crippen LogP contribution >= 0.6 is 35.0 Å². The monoisotopic (exact) mass is 525 g/mol. The van der Waals surface area contributed by atoms with E-state index in [1.807, 2.05) is 56.3 Å². The minimum atomic E-state index is -0.582. The number of anilines is 1. The molecule has 180 valence electrons. The highest BCUT2D eigenvalue weighted by molar-refractivity contribution is 8.15. The van der Waals surface area contributed by atoms with Crippen molar-refractivity contribution < 1.29 is 9.59 Å². The number of carbonyl (C=O) groups excluding carboxylic acids is 2. The molecule has 0 spiro atoms. The van der Waals surface area contributed by atoms with Crippen LogP contribution < -0.4 is 5.32 Å². The van der Waals surface area contributed by atoms with Crippen molar-refractivity contribution in [3.63, 3.8) is 0 Å². The topological polar surface area (TPSA) is 61.8 Å². The first-order valence-corrected chi connectivity index (χ1v) is 12.9. The Labute approximate surface area is 219 Å². The lowest BCUT2D eigenvalue weighted by Crippen LogP contribution is -2.46. The van der Waals surface area contributed by atoms with Gasteiger partial charge >= 0.3 is 0 Å². The Morgan fingerprint density at radius 1 is 1.03 bits per heavy atom. The molecule has 2 amide bonds. The number of rotatable bonds is 6. The molecule has 1 atom stereocenters. The van der Waals surface area contributed by atoms with Crippen molar-refractivity contribution in [3.8, 4) is 0 Å². The number of aliphatic imine (C=N–C) groups is 1. The highest BCUT2D eigenvalue weighted by Gasteiger charge is 2.36. The number of nitrogens with zero attached hydrogens (tertiary/aromatic N) is 2. The summed E-state index contributed by atoms with van der Waals surface area (Å²) in [6.45, 7) is 4.41. The zero-order valence-corrected chi connectivity index (χ0v) is 21.8. The van der Waals surface area contributed by atoms with Crippen LogP contribution in [-0.4, -0.2) is 33.7 Å². The zero-order valence-electron chi connectivity index (χ0n) is 19.4. The largest absolute Gasteiger partial charge is 0.325 e. The number of hydrogen-bond acceptors (Lipinski definition) is 4. The lowest BCUT2D eigenvalue weighted by Gasteiger charge is -2.32. The van der Waals surface area contributed by atoms with Gasteiger partial charge in [0.2, 0.25) is 11.8 Å². The highest BCUT2D eigenvalue weighted by atomic mass is 35.5. The SMILES string of the molecule is Cc1ccc(NC(=O)C2CC(=O)N(CCc3ccc(Cl)cc3)C(=Nc3ccc(Cl)cc3)S2)c(C)c1. The van der Waals surface area contributed by atoms with Gasteiger partial charge in [0.1, 0.15) is 5.25 Å². The summed E-state index contributed by atoms with van der Waals surface area (Å²) in [6.07, 6.45) is 0.740. The van der Waals surface area contributed by atoms with E-state index in [4.69, 9.17) is 28.2 Å². The molecule has 4 rings (SSSR count). The zero-order chi connectivity index (χ0) is 24.9. The summed E-state index contributed by atoms with van der Waals surface area (Å²) in [5.74, 6) is -0.345. The smallest absolute Gasteiger partial charge is 0.238 e. The fourth-order valence-electron chi connectivity index (χ4n) is 3.75. The Morgan fingerprint density at radius 2 is 1.69 bits per heavy atom. The molecule has 1 saturated heterocycles. The molecule has 0 aliphatic carbocycles. The van der Waals surface area contributed by atoms with Gasteiger partial charge in [-0.25, -0.2) is 4.99 Å². The van der Waals surface area contributed by atoms with Crippen LogP contribution in [0.5, 0.6) is 0 Å². The van der Waals surface area contributed by atoms with E-state index in [0.29, 0.717) is 33.9 Å². The fraction of sp³-hybridized carbons (Fsp3) is 0.222. The van der Waals surface area contributed by atoms with Crippen LogP contribution in [0.1, 0.15) is 23.1 Å². The number of halogens is 2. The Bertz CT molecular complexity index is 1260. The molecular formula is C27H25Cl2N3O2S. The molecule has 35 heavy (non-hydrogen) atoms. The summed E-state index contributed by atoms with van der Waals surface area (Å²) in [6, 6.07) is 20.5. The molecule has 5 nitrogen and oxygen atoms in total. The number of amides is 2. The molecule has 1 unspecified atom stereocenters. The predicted molar refractivity (Wildman–Crippen MR) is 146 cm³/mol. The lowest BCUT2D eigenvalue weighted by atomic mass is 10.1. The molecule has 0 radical (unpaired) electrons. The third-order valence-electron chi connectivity index (χ3n) is 5.66. The van der Waals surface area contributed by atoms with Crippen LogP contribution in [0.3, 0.4) is 0 Å². The third-order valence-corrected chi connectivity index (χ3v) is 7.35. The number of aryl methyl sites for hydroxylation is 2. The average molecular weight is 526 g/mol. The maximum atomic E-state index is 13.2. The number of nitrogens with one attached hydrogen (secondary N) is 1. The number of hydrogen-bond donors (Lipinski definition) is 1. The van der Waals surface area contributed by atoms with Crippen molar-refractivity contribution in [1.82, 2.24) is 4.90 Å². The highest BCUT2D eigenvalue weighted by Crippen LogP contribution is 2.31. The van der Waals surface area contributed by atoms with Gasteiger partial charge in [-0.3, -0.25) is 14.5 Å². The molecule has 1 N–H and O–H groups in total. The first-order valence-electron chi connectivity index (χ1n) is 11.2. The fourth-order valence-corrected chi connectivity index (χ4v) is 5.12. The minimum absolute atomic E-state index is 0.0989. The van der Waals surface area contributed by atoms with E-state index in [0.717, 1.165) is 22.4 Å². The molecule has 0 aromatic heterocycles. The molecule has 1 aliphatic heterocycles. The maximum absolute atomic E-state index is 13.2. The predicted octanol–water partition coefficient (Wildman–Crippen LogP) is 6.81. The van der Waals surface area contributed by atoms with E-state index in [2.05, 4.69) is 5.32 Å². The summed E-state index contributed by atoms with van der Waals surface area (Å²) >= 11 is 13.3. The van der Waals surface area contributed by atoms with Crippen molar-refractivity contribution in [1.29, 1.82) is 0 Å². The van der Waals surface area contributed by atoms with Crippen LogP contribution in [0, 0.1) is 13.8 Å². The second kappa shape index (κ2) is 11.3. The number of amidine groups is 1. The van der Waals surface area contributed by atoms with Gasteiger partial charge in [0.25, 0.3) is 0 Å². The van der Waals surface area contributed by atoms with Crippen LogP contribution in [0.15, 0.2) is 71.7 Å². The van der Waals surface area contributed by atoms with E-state index in [9.17, 15) is 9.59 Å². The van der Waals surface area contributed by atoms with Crippen molar-refractivity contribution in [2.24, 2.45) is 4.99 Å².